The van der Waals surface area contributed by atoms with E-state index in [9.17, 15) is 17.6 Å². The number of benzene rings is 2. The van der Waals surface area contributed by atoms with Crippen LogP contribution in [0.2, 0.25) is 5.02 Å². The van der Waals surface area contributed by atoms with E-state index in [1.165, 1.54) is 24.3 Å². The molecule has 3 rings (SSSR count). The Bertz CT molecular complexity index is 1170. The van der Waals surface area contributed by atoms with Crippen molar-refractivity contribution in [3.05, 3.63) is 71.1 Å². The molecule has 1 aromatic heterocycles. The first-order valence-corrected chi connectivity index (χ1v) is 11.8. The highest BCUT2D eigenvalue weighted by atomic mass is 35.5. The number of fused-ring (bicyclic) bond motifs is 1. The Morgan fingerprint density at radius 1 is 1.13 bits per heavy atom. The molecule has 164 valence electrons. The van der Waals surface area contributed by atoms with Gasteiger partial charge in [-0.15, -0.1) is 0 Å². The van der Waals surface area contributed by atoms with E-state index in [2.05, 4.69) is 20.3 Å². The number of nitrogens with one attached hydrogen (secondary N) is 3. The van der Waals surface area contributed by atoms with Crippen LogP contribution in [0.15, 0.2) is 54.7 Å². The maximum absolute atomic E-state index is 13.2. The summed E-state index contributed by atoms with van der Waals surface area (Å²) in [6.07, 6.45) is 2.57. The van der Waals surface area contributed by atoms with Crippen LogP contribution in [0.25, 0.3) is 10.9 Å². The maximum atomic E-state index is 13.2. The Balaban J connectivity index is 1.56. The number of pyridine rings is 1. The van der Waals surface area contributed by atoms with Crippen molar-refractivity contribution in [3.63, 3.8) is 0 Å². The number of carbonyl (C=O) groups excluding carboxylic acids is 1. The van der Waals surface area contributed by atoms with Crippen LogP contribution in [-0.4, -0.2) is 38.7 Å². The Morgan fingerprint density at radius 2 is 1.87 bits per heavy atom. The number of amides is 1. The highest BCUT2D eigenvalue weighted by molar-refractivity contribution is 7.88. The molecule has 0 saturated heterocycles. The molecular formula is C21H22ClFN4O3S. The standard InChI is InChI=1S/C21H22ClFN4O3S/c1-31(29,30)27-19(14-2-5-16(23)6-3-14)13-21(28)26-11-10-25-18-8-9-24-20-12-15(22)4-7-17(18)20/h2-9,12,19,27H,10-11,13H2,1H3,(H,24,25)(H,26,28)/t19-/m1/s1. The van der Waals surface area contributed by atoms with Gasteiger partial charge in [0.25, 0.3) is 0 Å². The van der Waals surface area contributed by atoms with Gasteiger partial charge in [0.1, 0.15) is 5.82 Å². The Hall–Kier alpha value is -2.75. The number of rotatable bonds is 9. The van der Waals surface area contributed by atoms with Crippen LogP contribution in [0.1, 0.15) is 18.0 Å². The van der Waals surface area contributed by atoms with E-state index in [4.69, 9.17) is 11.6 Å². The van der Waals surface area contributed by atoms with Crippen molar-refractivity contribution in [3.8, 4) is 0 Å². The molecule has 1 atom stereocenters. The van der Waals surface area contributed by atoms with Gasteiger partial charge in [0, 0.05) is 41.8 Å². The molecule has 0 spiro atoms. The Morgan fingerprint density at radius 3 is 2.58 bits per heavy atom. The molecule has 0 saturated carbocycles. The van der Waals surface area contributed by atoms with Crippen molar-refractivity contribution in [2.45, 2.75) is 12.5 Å². The summed E-state index contributed by atoms with van der Waals surface area (Å²) in [6.45, 7) is 0.777. The lowest BCUT2D eigenvalue weighted by Crippen LogP contribution is -2.35. The smallest absolute Gasteiger partial charge is 0.222 e. The third-order valence-corrected chi connectivity index (χ3v) is 5.43. The second kappa shape index (κ2) is 10.0. The summed E-state index contributed by atoms with van der Waals surface area (Å²) in [4.78, 5) is 16.6. The normalized spacial score (nSPS) is 12.5. The number of sulfonamides is 1. The Labute approximate surface area is 185 Å². The molecule has 1 amide bonds. The summed E-state index contributed by atoms with van der Waals surface area (Å²) in [5, 5.41) is 7.51. The lowest BCUT2D eigenvalue weighted by molar-refractivity contribution is -0.121. The van der Waals surface area contributed by atoms with Gasteiger partial charge in [-0.1, -0.05) is 23.7 Å². The van der Waals surface area contributed by atoms with E-state index in [-0.39, 0.29) is 12.3 Å². The molecule has 0 bridgehead atoms. The van der Waals surface area contributed by atoms with Crippen molar-refractivity contribution >= 4 is 44.1 Å². The molecule has 3 aromatic rings. The molecule has 31 heavy (non-hydrogen) atoms. The molecule has 0 aliphatic carbocycles. The largest absolute Gasteiger partial charge is 0.383 e. The summed E-state index contributed by atoms with van der Waals surface area (Å²) < 4.78 is 38.9. The minimum Gasteiger partial charge on any atom is -0.383 e. The minimum atomic E-state index is -3.56. The van der Waals surface area contributed by atoms with Gasteiger partial charge in [0.05, 0.1) is 17.8 Å². The zero-order valence-electron chi connectivity index (χ0n) is 16.7. The molecule has 1 heterocycles. The van der Waals surface area contributed by atoms with E-state index in [1.54, 1.807) is 18.3 Å². The van der Waals surface area contributed by atoms with E-state index in [0.29, 0.717) is 23.7 Å². The fraction of sp³-hybridized carbons (Fsp3) is 0.238. The number of hydrogen-bond donors (Lipinski definition) is 3. The third kappa shape index (κ3) is 6.88. The number of hydrogen-bond acceptors (Lipinski definition) is 5. The van der Waals surface area contributed by atoms with Crippen molar-refractivity contribution in [2.24, 2.45) is 0 Å². The van der Waals surface area contributed by atoms with E-state index in [0.717, 1.165) is 22.8 Å². The topological polar surface area (TPSA) is 100 Å². The third-order valence-electron chi connectivity index (χ3n) is 4.49. The van der Waals surface area contributed by atoms with Gasteiger partial charge in [-0.2, -0.15) is 0 Å². The molecule has 0 fully saturated rings. The second-order valence-corrected chi connectivity index (χ2v) is 9.21. The fourth-order valence-electron chi connectivity index (χ4n) is 3.11. The van der Waals surface area contributed by atoms with E-state index >= 15 is 0 Å². The number of nitrogens with zero attached hydrogens (tertiary/aromatic N) is 1. The predicted octanol–water partition coefficient (Wildman–Crippen LogP) is 3.24. The van der Waals surface area contributed by atoms with Crippen LogP contribution in [0.4, 0.5) is 10.1 Å². The monoisotopic (exact) mass is 464 g/mol. The zero-order chi connectivity index (χ0) is 22.4. The molecule has 2 aromatic carbocycles. The van der Waals surface area contributed by atoms with Gasteiger partial charge >= 0.3 is 0 Å². The Kier molecular flexibility index (Phi) is 7.42. The summed E-state index contributed by atoms with van der Waals surface area (Å²) in [5.74, 6) is -0.776. The number of anilines is 1. The SMILES string of the molecule is CS(=O)(=O)N[C@H](CC(=O)NCCNc1ccnc2cc(Cl)ccc12)c1ccc(F)cc1. The van der Waals surface area contributed by atoms with Crippen molar-refractivity contribution in [1.29, 1.82) is 0 Å². The van der Waals surface area contributed by atoms with Crippen LogP contribution in [0.5, 0.6) is 0 Å². The van der Waals surface area contributed by atoms with Crippen LogP contribution in [-0.2, 0) is 14.8 Å². The average Bonchev–Trinajstić information content (AvgIpc) is 2.70. The summed E-state index contributed by atoms with van der Waals surface area (Å²) >= 11 is 6.00. The van der Waals surface area contributed by atoms with Crippen LogP contribution < -0.4 is 15.4 Å². The van der Waals surface area contributed by atoms with E-state index < -0.39 is 21.9 Å². The number of halogens is 2. The molecule has 3 N–H and O–H groups in total. The molecule has 0 aliphatic rings. The van der Waals surface area contributed by atoms with Gasteiger partial charge in [-0.05, 0) is 42.0 Å². The molecule has 0 unspecified atom stereocenters. The lowest BCUT2D eigenvalue weighted by Gasteiger charge is -2.18. The molecular weight excluding hydrogens is 443 g/mol. The summed E-state index contributed by atoms with van der Waals surface area (Å²) in [5.41, 5.74) is 2.12. The van der Waals surface area contributed by atoms with Gasteiger partial charge < -0.3 is 10.6 Å². The number of aromatic nitrogens is 1. The van der Waals surface area contributed by atoms with Crippen molar-refractivity contribution in [2.75, 3.05) is 24.7 Å². The molecule has 0 radical (unpaired) electrons. The van der Waals surface area contributed by atoms with Gasteiger partial charge in [0.2, 0.25) is 15.9 Å². The maximum Gasteiger partial charge on any atom is 0.222 e. The van der Waals surface area contributed by atoms with Gasteiger partial charge in [-0.25, -0.2) is 17.5 Å². The molecule has 7 nitrogen and oxygen atoms in total. The van der Waals surface area contributed by atoms with Gasteiger partial charge in [0.15, 0.2) is 0 Å². The van der Waals surface area contributed by atoms with E-state index in [1.807, 2.05) is 12.1 Å². The minimum absolute atomic E-state index is 0.116. The van der Waals surface area contributed by atoms with Gasteiger partial charge in [-0.3, -0.25) is 9.78 Å². The highest BCUT2D eigenvalue weighted by Crippen LogP contribution is 2.24. The fourth-order valence-corrected chi connectivity index (χ4v) is 4.02. The zero-order valence-corrected chi connectivity index (χ0v) is 18.3. The quantitative estimate of drug-likeness (QED) is 0.422. The summed E-state index contributed by atoms with van der Waals surface area (Å²) in [6, 6.07) is 11.8. The first-order valence-electron chi connectivity index (χ1n) is 9.49. The predicted molar refractivity (Wildman–Crippen MR) is 120 cm³/mol. The first kappa shape index (κ1) is 22.9. The van der Waals surface area contributed by atoms with Crippen molar-refractivity contribution < 1.29 is 17.6 Å². The average molecular weight is 465 g/mol. The van der Waals surface area contributed by atoms with Crippen LogP contribution >= 0.6 is 11.6 Å². The summed E-state index contributed by atoms with van der Waals surface area (Å²) in [7, 11) is -3.56. The molecule has 0 aliphatic heterocycles. The second-order valence-electron chi connectivity index (χ2n) is 6.99. The first-order chi connectivity index (χ1) is 14.7. The highest BCUT2D eigenvalue weighted by Gasteiger charge is 2.19. The lowest BCUT2D eigenvalue weighted by atomic mass is 10.0. The van der Waals surface area contributed by atoms with Crippen molar-refractivity contribution in [1.82, 2.24) is 15.0 Å². The number of carbonyl (C=O) groups is 1. The van der Waals surface area contributed by atoms with Crippen LogP contribution in [0.3, 0.4) is 0 Å². The van der Waals surface area contributed by atoms with Crippen LogP contribution in [0, 0.1) is 5.82 Å². The molecule has 10 heteroatoms.